The highest BCUT2D eigenvalue weighted by atomic mass is 19.4. The normalized spacial score (nSPS) is 22.3. The summed E-state index contributed by atoms with van der Waals surface area (Å²) in [5.74, 6) is -2.94. The second-order valence-electron chi connectivity index (χ2n) is 10.0. The number of methoxy groups -OCH3 is 2. The molecular formula is C27H30F7N3O5. The third-order valence-electron chi connectivity index (χ3n) is 7.62. The van der Waals surface area contributed by atoms with Crippen molar-refractivity contribution < 1.29 is 54.9 Å². The van der Waals surface area contributed by atoms with Gasteiger partial charge in [0, 0.05) is 17.5 Å². The maximum absolute atomic E-state index is 14.3. The van der Waals surface area contributed by atoms with Gasteiger partial charge >= 0.3 is 24.4 Å². The molecule has 2 aromatic carbocycles. The van der Waals surface area contributed by atoms with Crippen LogP contribution in [0.3, 0.4) is 0 Å². The molecule has 2 aliphatic rings. The number of halogens is 7. The SMILES string of the molecule is COc1ccc(C23CCC(NC(=O)Nc4cccc(C(F)(F)F)c4F)CC2N(C)CC3)cc1OC.O=C(O)C(F)(F)F. The number of rotatable bonds is 5. The second kappa shape index (κ2) is 12.6. The lowest BCUT2D eigenvalue weighted by Crippen LogP contribution is -2.52. The van der Waals surface area contributed by atoms with Crippen molar-refractivity contribution in [2.24, 2.45) is 0 Å². The first-order valence-electron chi connectivity index (χ1n) is 12.7. The van der Waals surface area contributed by atoms with Crippen LogP contribution in [0.1, 0.15) is 36.8 Å². The van der Waals surface area contributed by atoms with Crippen LogP contribution in [-0.4, -0.2) is 68.1 Å². The third kappa shape index (κ3) is 7.17. The predicted molar refractivity (Wildman–Crippen MR) is 137 cm³/mol. The first kappa shape index (κ1) is 32.8. The molecule has 3 N–H and O–H groups in total. The van der Waals surface area contributed by atoms with Crippen molar-refractivity contribution in [1.82, 2.24) is 10.2 Å². The molecule has 1 heterocycles. The highest BCUT2D eigenvalue weighted by molar-refractivity contribution is 5.89. The molecule has 0 spiro atoms. The number of carboxylic acids is 1. The van der Waals surface area contributed by atoms with Gasteiger partial charge < -0.3 is 30.1 Å². The number of nitrogens with one attached hydrogen (secondary N) is 2. The third-order valence-corrected chi connectivity index (χ3v) is 7.62. The van der Waals surface area contributed by atoms with Gasteiger partial charge in [0.2, 0.25) is 0 Å². The molecule has 0 aromatic heterocycles. The molecule has 1 aliphatic carbocycles. The van der Waals surface area contributed by atoms with Gasteiger partial charge in [-0.1, -0.05) is 12.1 Å². The van der Waals surface area contributed by atoms with Gasteiger partial charge in [-0.3, -0.25) is 0 Å². The Balaban J connectivity index is 0.000000616. The number of nitrogens with zero attached hydrogens (tertiary/aromatic N) is 1. The van der Waals surface area contributed by atoms with Gasteiger partial charge in [0.25, 0.3) is 0 Å². The summed E-state index contributed by atoms with van der Waals surface area (Å²) in [6.45, 7) is 0.896. The lowest BCUT2D eigenvalue weighted by molar-refractivity contribution is -0.192. The molecule has 0 bridgehead atoms. The summed E-state index contributed by atoms with van der Waals surface area (Å²) in [5, 5.41) is 12.2. The number of aliphatic carboxylic acids is 1. The van der Waals surface area contributed by atoms with Crippen LogP contribution in [0.5, 0.6) is 11.5 Å². The van der Waals surface area contributed by atoms with Gasteiger partial charge in [-0.25, -0.2) is 14.0 Å². The molecule has 4 rings (SSSR count). The zero-order chi connectivity index (χ0) is 31.5. The maximum Gasteiger partial charge on any atom is 0.490 e. The highest BCUT2D eigenvalue weighted by Crippen LogP contribution is 2.50. The summed E-state index contributed by atoms with van der Waals surface area (Å²) in [6, 6.07) is 8.00. The fourth-order valence-corrected chi connectivity index (χ4v) is 5.59. The Hall–Kier alpha value is -3.75. The van der Waals surface area contributed by atoms with Gasteiger partial charge in [-0.05, 0) is 69.1 Å². The van der Waals surface area contributed by atoms with Gasteiger partial charge in [0.05, 0.1) is 25.5 Å². The van der Waals surface area contributed by atoms with Crippen LogP contribution in [0.4, 0.5) is 41.2 Å². The van der Waals surface area contributed by atoms with Gasteiger partial charge in [-0.15, -0.1) is 0 Å². The number of carboxylic acid groups (broad SMARTS) is 1. The van der Waals surface area contributed by atoms with Crippen molar-refractivity contribution in [1.29, 1.82) is 0 Å². The van der Waals surface area contributed by atoms with Crippen molar-refractivity contribution in [3.05, 3.63) is 53.3 Å². The molecule has 42 heavy (non-hydrogen) atoms. The molecule has 2 aromatic rings. The van der Waals surface area contributed by atoms with E-state index in [9.17, 15) is 35.5 Å². The lowest BCUT2D eigenvalue weighted by atomic mass is 9.65. The van der Waals surface area contributed by atoms with Crippen LogP contribution in [0.15, 0.2) is 36.4 Å². The monoisotopic (exact) mass is 609 g/mol. The van der Waals surface area contributed by atoms with E-state index in [0.29, 0.717) is 30.4 Å². The first-order chi connectivity index (χ1) is 19.5. The number of likely N-dealkylation sites (tertiary alicyclic amines) is 1. The highest BCUT2D eigenvalue weighted by Gasteiger charge is 2.50. The standard InChI is InChI=1S/C25H29F4N3O3.C2HF3O2/c1-32-12-11-24(15-7-8-19(34-2)20(13-15)35-3)10-9-16(14-21(24)32)30-23(33)31-18-6-4-5-17(22(18)26)25(27,28)29;3-2(4,5)1(6)7/h4-8,13,16,21H,9-12,14H2,1-3H3,(H2,30,31,33);(H,6,7). The molecule has 8 nitrogen and oxygen atoms in total. The fourth-order valence-electron chi connectivity index (χ4n) is 5.59. The van der Waals surface area contributed by atoms with Crippen LogP contribution < -0.4 is 20.1 Å². The number of fused-ring (bicyclic) bond motifs is 1. The molecule has 0 radical (unpaired) electrons. The minimum atomic E-state index is -5.08. The summed E-state index contributed by atoms with van der Waals surface area (Å²) in [6.07, 6.45) is -6.83. The molecule has 3 atom stereocenters. The van der Waals surface area contributed by atoms with E-state index < -0.39 is 41.4 Å². The van der Waals surface area contributed by atoms with E-state index in [0.717, 1.165) is 37.1 Å². The first-order valence-corrected chi connectivity index (χ1v) is 12.7. The Morgan fingerprint density at radius 1 is 1.02 bits per heavy atom. The number of urea groups is 1. The molecule has 3 unspecified atom stereocenters. The Morgan fingerprint density at radius 2 is 1.67 bits per heavy atom. The fraction of sp³-hybridized carbons (Fsp3) is 0.481. The topological polar surface area (TPSA) is 100 Å². The predicted octanol–water partition coefficient (Wildman–Crippen LogP) is 5.81. The minimum Gasteiger partial charge on any atom is -0.493 e. The van der Waals surface area contributed by atoms with Crippen LogP contribution >= 0.6 is 0 Å². The van der Waals surface area contributed by atoms with E-state index in [1.807, 2.05) is 19.2 Å². The van der Waals surface area contributed by atoms with Gasteiger partial charge in [0.1, 0.15) is 0 Å². The number of hydrogen-bond acceptors (Lipinski definition) is 5. The zero-order valence-electron chi connectivity index (χ0n) is 22.8. The van der Waals surface area contributed by atoms with Crippen molar-refractivity contribution in [2.75, 3.05) is 33.1 Å². The Bertz CT molecular complexity index is 1290. The number of amides is 2. The molecule has 2 fully saturated rings. The zero-order valence-corrected chi connectivity index (χ0v) is 22.8. The number of anilines is 1. The van der Waals surface area contributed by atoms with Crippen LogP contribution in [0.25, 0.3) is 0 Å². The van der Waals surface area contributed by atoms with Crippen LogP contribution in [0.2, 0.25) is 0 Å². The van der Waals surface area contributed by atoms with Gasteiger partial charge in [0.15, 0.2) is 17.3 Å². The van der Waals surface area contributed by atoms with Crippen molar-refractivity contribution >= 4 is 17.7 Å². The summed E-state index contributed by atoms with van der Waals surface area (Å²) >= 11 is 0. The maximum atomic E-state index is 14.3. The number of hydrogen-bond donors (Lipinski definition) is 3. The van der Waals surface area contributed by atoms with E-state index in [2.05, 4.69) is 21.6 Å². The molecule has 1 saturated heterocycles. The molecule has 2 amide bonds. The number of carbonyl (C=O) groups is 2. The van der Waals surface area contributed by atoms with Crippen molar-refractivity contribution in [2.45, 2.75) is 55.5 Å². The summed E-state index contributed by atoms with van der Waals surface area (Å²) < 4.78 is 95.8. The smallest absolute Gasteiger partial charge is 0.490 e. The van der Waals surface area contributed by atoms with Crippen LogP contribution in [0, 0.1) is 5.82 Å². The lowest BCUT2D eigenvalue weighted by Gasteiger charge is -2.45. The Kier molecular flexibility index (Phi) is 9.85. The average Bonchev–Trinajstić information content (AvgIpc) is 3.25. The minimum absolute atomic E-state index is 0.115. The molecule has 1 aliphatic heterocycles. The molecular weight excluding hydrogens is 579 g/mol. The molecule has 15 heteroatoms. The van der Waals surface area contributed by atoms with E-state index in [1.54, 1.807) is 14.2 Å². The van der Waals surface area contributed by atoms with Crippen molar-refractivity contribution in [3.63, 3.8) is 0 Å². The largest absolute Gasteiger partial charge is 0.493 e. The second-order valence-corrected chi connectivity index (χ2v) is 10.0. The molecule has 1 saturated carbocycles. The van der Waals surface area contributed by atoms with Gasteiger partial charge in [-0.2, -0.15) is 26.3 Å². The van der Waals surface area contributed by atoms with E-state index in [1.165, 1.54) is 0 Å². The Morgan fingerprint density at radius 3 is 2.24 bits per heavy atom. The summed E-state index contributed by atoms with van der Waals surface area (Å²) in [5.41, 5.74) is -0.889. The van der Waals surface area contributed by atoms with E-state index in [-0.39, 0.29) is 17.5 Å². The Labute approximate surface area is 236 Å². The number of carbonyl (C=O) groups excluding carboxylic acids is 1. The van der Waals surface area contributed by atoms with Crippen LogP contribution in [-0.2, 0) is 16.4 Å². The number of alkyl halides is 6. The number of likely N-dealkylation sites (N-methyl/N-ethyl adjacent to an activating group) is 1. The molecule has 232 valence electrons. The summed E-state index contributed by atoms with van der Waals surface area (Å²) in [7, 11) is 5.24. The van der Waals surface area contributed by atoms with E-state index >= 15 is 0 Å². The summed E-state index contributed by atoms with van der Waals surface area (Å²) in [4.78, 5) is 23.7. The average molecular weight is 610 g/mol. The quantitative estimate of drug-likeness (QED) is 0.370. The number of ether oxygens (including phenoxy) is 2. The van der Waals surface area contributed by atoms with Crippen molar-refractivity contribution in [3.8, 4) is 11.5 Å². The number of benzene rings is 2. The van der Waals surface area contributed by atoms with E-state index in [4.69, 9.17) is 19.4 Å².